The van der Waals surface area contributed by atoms with E-state index in [9.17, 15) is 24.3 Å². The topological polar surface area (TPSA) is 181 Å². The zero-order valence-electron chi connectivity index (χ0n) is 29.2. The van der Waals surface area contributed by atoms with Gasteiger partial charge >= 0.3 is 11.9 Å². The largest absolute Gasteiger partial charge is 0.505 e. The number of phenols is 1. The first-order valence-corrected chi connectivity index (χ1v) is 17.2. The number of phenolic OH excluding ortho intramolecular Hbond substituents is 1. The Morgan fingerprint density at radius 2 is 1.20 bits per heavy atom. The van der Waals surface area contributed by atoms with Crippen LogP contribution in [0.1, 0.15) is 69.4 Å². The zero-order valence-corrected chi connectivity index (χ0v) is 29.2. The van der Waals surface area contributed by atoms with Gasteiger partial charge in [-0.1, -0.05) is 24.5 Å². The monoisotopic (exact) mass is 698 g/mol. The maximum absolute atomic E-state index is 14.2. The molecule has 5 aromatic carbocycles. The molecule has 0 heterocycles. The molecule has 1 aliphatic rings. The van der Waals surface area contributed by atoms with Crippen LogP contribution in [0.3, 0.4) is 0 Å². The Morgan fingerprint density at radius 3 is 1.73 bits per heavy atom. The average molecular weight is 699 g/mol. The molecule has 0 bridgehead atoms. The van der Waals surface area contributed by atoms with Gasteiger partial charge in [0.25, 0.3) is 0 Å². The maximum atomic E-state index is 14.2. The van der Waals surface area contributed by atoms with E-state index < -0.39 is 17.4 Å². The fraction of sp³-hybridized carbons (Fsp3) is 0.385. The van der Waals surface area contributed by atoms with Crippen molar-refractivity contribution in [2.24, 2.45) is 0 Å². The summed E-state index contributed by atoms with van der Waals surface area (Å²) in [6.45, 7) is 2.86. The molecule has 6 rings (SSSR count). The summed E-state index contributed by atoms with van der Waals surface area (Å²) in [6.07, 6.45) is 6.28. The Balaban J connectivity index is 1.70. The van der Waals surface area contributed by atoms with Crippen LogP contribution in [0.4, 0.5) is 11.4 Å². The van der Waals surface area contributed by atoms with Gasteiger partial charge in [0.05, 0.1) is 43.5 Å². The third kappa shape index (κ3) is 6.12. The number of ether oxygens (including phenoxy) is 3. The number of carbonyl (C=O) groups is 2. The van der Waals surface area contributed by atoms with Crippen LogP contribution in [0.25, 0.3) is 49.2 Å². The van der Waals surface area contributed by atoms with Gasteiger partial charge in [0.2, 0.25) is 0 Å². The molecular formula is C39H42N2O10. The van der Waals surface area contributed by atoms with Gasteiger partial charge in [0, 0.05) is 76.1 Å². The normalized spacial score (nSPS) is 12.5. The maximum Gasteiger partial charge on any atom is 0.303 e. The van der Waals surface area contributed by atoms with E-state index in [1.54, 1.807) is 7.11 Å². The van der Waals surface area contributed by atoms with Crippen molar-refractivity contribution >= 4 is 72.5 Å². The van der Waals surface area contributed by atoms with Crippen molar-refractivity contribution in [2.75, 3.05) is 45.1 Å². The summed E-state index contributed by atoms with van der Waals surface area (Å²) in [6, 6.07) is 2.77. The molecule has 268 valence electrons. The van der Waals surface area contributed by atoms with E-state index in [2.05, 4.69) is 10.6 Å². The number of rotatable bonds is 17. The van der Waals surface area contributed by atoms with Crippen LogP contribution in [0, 0.1) is 0 Å². The minimum Gasteiger partial charge on any atom is -0.505 e. The van der Waals surface area contributed by atoms with E-state index in [4.69, 9.17) is 24.4 Å². The van der Waals surface area contributed by atoms with E-state index in [-0.39, 0.29) is 35.2 Å². The van der Waals surface area contributed by atoms with Crippen LogP contribution in [0.15, 0.2) is 27.3 Å². The van der Waals surface area contributed by atoms with Crippen molar-refractivity contribution in [1.29, 1.82) is 0 Å². The number of nitrogens with one attached hydrogen (secondary N) is 2. The van der Waals surface area contributed by atoms with E-state index >= 15 is 0 Å². The highest BCUT2D eigenvalue weighted by Crippen LogP contribution is 2.56. The molecule has 0 fully saturated rings. The number of aliphatic carboxylic acids is 2. The van der Waals surface area contributed by atoms with E-state index in [1.165, 1.54) is 26.4 Å². The molecule has 0 unspecified atom stereocenters. The number of benzene rings is 5. The van der Waals surface area contributed by atoms with Gasteiger partial charge in [-0.25, -0.2) is 0 Å². The van der Waals surface area contributed by atoms with Gasteiger partial charge in [-0.3, -0.25) is 19.2 Å². The van der Waals surface area contributed by atoms with Crippen LogP contribution < -0.4 is 35.7 Å². The second-order valence-corrected chi connectivity index (χ2v) is 13.1. The number of fused-ring (bicyclic) bond motifs is 1. The van der Waals surface area contributed by atoms with Gasteiger partial charge in [-0.2, -0.15) is 0 Å². The lowest BCUT2D eigenvalue weighted by molar-refractivity contribution is -0.138. The highest BCUT2D eigenvalue weighted by Gasteiger charge is 2.33. The molecule has 0 saturated carbocycles. The van der Waals surface area contributed by atoms with Crippen molar-refractivity contribution in [3.63, 3.8) is 0 Å². The fourth-order valence-electron chi connectivity index (χ4n) is 7.69. The highest BCUT2D eigenvalue weighted by atomic mass is 16.5. The van der Waals surface area contributed by atoms with Crippen LogP contribution >= 0.6 is 0 Å². The predicted molar refractivity (Wildman–Crippen MR) is 199 cm³/mol. The molecule has 5 aromatic rings. The minimum atomic E-state index is -0.850. The molecule has 0 aliphatic heterocycles. The van der Waals surface area contributed by atoms with Crippen molar-refractivity contribution < 1.29 is 39.1 Å². The second kappa shape index (κ2) is 14.4. The molecule has 0 aromatic heterocycles. The fourth-order valence-corrected chi connectivity index (χ4v) is 7.69. The molecule has 12 nitrogen and oxygen atoms in total. The van der Waals surface area contributed by atoms with Crippen LogP contribution in [-0.4, -0.2) is 61.7 Å². The van der Waals surface area contributed by atoms with Gasteiger partial charge in [0.15, 0.2) is 16.6 Å². The number of hydrogen-bond acceptors (Lipinski definition) is 10. The number of carboxylic acids is 2. The van der Waals surface area contributed by atoms with Crippen LogP contribution in [0.5, 0.6) is 23.0 Å². The molecular weight excluding hydrogens is 656 g/mol. The molecule has 5 N–H and O–H groups in total. The molecule has 12 heteroatoms. The van der Waals surface area contributed by atoms with E-state index in [0.717, 1.165) is 11.1 Å². The summed E-state index contributed by atoms with van der Waals surface area (Å²) in [5.74, 6) is -0.845. The Bertz CT molecular complexity index is 2330. The smallest absolute Gasteiger partial charge is 0.303 e. The SMILES string of the molecule is COc1c(NCCCCCC(=O)O)c2c(=O)cc(OC)c3c4c(OC)cc(=O)c5c(O)c(NCCCCCC(=O)O)c6c(c(c1CC(C)=C6)c23)c54. The Labute approximate surface area is 293 Å². The number of aromatic hydroxyl groups is 1. The second-order valence-electron chi connectivity index (χ2n) is 13.1. The Kier molecular flexibility index (Phi) is 9.95. The van der Waals surface area contributed by atoms with Gasteiger partial charge in [0.1, 0.15) is 17.2 Å². The minimum absolute atomic E-state index is 0.0729. The van der Waals surface area contributed by atoms with Crippen molar-refractivity contribution in [3.8, 4) is 23.0 Å². The lowest BCUT2D eigenvalue weighted by Crippen LogP contribution is -2.13. The van der Waals surface area contributed by atoms with Gasteiger partial charge in [-0.05, 0) is 44.4 Å². The number of carboxylic acid groups (broad SMARTS) is 2. The third-order valence-corrected chi connectivity index (χ3v) is 9.80. The van der Waals surface area contributed by atoms with Gasteiger partial charge in [-0.15, -0.1) is 0 Å². The number of methoxy groups -OCH3 is 3. The Hall–Kier alpha value is -5.52. The van der Waals surface area contributed by atoms with Gasteiger partial charge < -0.3 is 40.2 Å². The molecule has 0 saturated heterocycles. The lowest BCUT2D eigenvalue weighted by atomic mass is 9.83. The van der Waals surface area contributed by atoms with Crippen molar-refractivity contribution in [3.05, 3.63) is 49.3 Å². The average Bonchev–Trinajstić information content (AvgIpc) is 3.24. The van der Waals surface area contributed by atoms with Crippen molar-refractivity contribution in [1.82, 2.24) is 0 Å². The van der Waals surface area contributed by atoms with Crippen LogP contribution in [-0.2, 0) is 16.0 Å². The molecule has 0 amide bonds. The number of anilines is 2. The number of hydrogen-bond donors (Lipinski definition) is 5. The molecule has 51 heavy (non-hydrogen) atoms. The highest BCUT2D eigenvalue weighted by molar-refractivity contribution is 6.40. The summed E-state index contributed by atoms with van der Waals surface area (Å²) >= 11 is 0. The summed E-state index contributed by atoms with van der Waals surface area (Å²) < 4.78 is 17.8. The summed E-state index contributed by atoms with van der Waals surface area (Å²) in [4.78, 5) is 50.1. The van der Waals surface area contributed by atoms with E-state index in [1.807, 2.05) is 13.0 Å². The third-order valence-electron chi connectivity index (χ3n) is 9.80. The summed E-state index contributed by atoms with van der Waals surface area (Å²) in [5, 5.41) is 40.9. The molecule has 1 aliphatic carbocycles. The lowest BCUT2D eigenvalue weighted by Gasteiger charge is -2.25. The standard InChI is InChI=1S/C39H42N2O10/c1-19-15-20-28-29-21(16-19)39(51-4)37(41-14-10-6-8-12-27(46)47)30-22(42)17-24(49-2)32(34(29)30)33-25(50-3)18-23(43)31(35(28)33)38(48)36(20)40-13-9-5-7-11-26(44)45/h15,17-18,40-41,48H,5-14,16H2,1-4H3,(H,44,45)(H,46,47). The first-order chi connectivity index (χ1) is 24.5. The number of unbranched alkanes of at least 4 members (excludes halogenated alkanes) is 4. The molecule has 0 atom stereocenters. The Morgan fingerprint density at radius 1 is 0.667 bits per heavy atom. The van der Waals surface area contributed by atoms with Crippen molar-refractivity contribution in [2.45, 2.75) is 64.7 Å². The van der Waals surface area contributed by atoms with E-state index in [0.29, 0.717) is 124 Å². The quantitative estimate of drug-likeness (QED) is 0.0301. The van der Waals surface area contributed by atoms with Crippen LogP contribution in [0.2, 0.25) is 0 Å². The molecule has 0 radical (unpaired) electrons. The first-order valence-electron chi connectivity index (χ1n) is 17.2. The number of allylic oxidation sites excluding steroid dienone is 1. The molecule has 0 spiro atoms. The first kappa shape index (κ1) is 35.3. The summed E-state index contributed by atoms with van der Waals surface area (Å²) in [7, 11) is 4.51. The summed E-state index contributed by atoms with van der Waals surface area (Å²) in [5.41, 5.74) is 2.55. The zero-order chi connectivity index (χ0) is 36.6. The predicted octanol–water partition coefficient (Wildman–Crippen LogP) is 6.70.